The van der Waals surface area contributed by atoms with Crippen LogP contribution in [0.4, 0.5) is 0 Å². The molecule has 2 aromatic rings. The summed E-state index contributed by atoms with van der Waals surface area (Å²) in [4.78, 5) is 0. The summed E-state index contributed by atoms with van der Waals surface area (Å²) in [6.45, 7) is 0. The van der Waals surface area contributed by atoms with Gasteiger partial charge in [0.05, 0.1) is 38.0 Å². The quantitative estimate of drug-likeness (QED) is 0.601. The topological polar surface area (TPSA) is 51.5 Å². The Labute approximate surface area is 140 Å². The number of allylic oxidation sites excluding steroid dienone is 1. The minimum atomic E-state index is 0.492. The van der Waals surface area contributed by atoms with Crippen molar-refractivity contribution in [3.05, 3.63) is 52.5 Å². The highest BCUT2D eigenvalue weighted by molar-refractivity contribution is 6.32. The highest BCUT2D eigenvalue weighted by atomic mass is 35.5. The Morgan fingerprint density at radius 3 is 2.17 bits per heavy atom. The lowest BCUT2D eigenvalue weighted by atomic mass is 10.0. The standard InChI is InChI=1S/C18H16ClNO3/c1-21-16-6-4-12(9-15(16)19)8-14(11-20)13-5-7-17(22-2)18(10-13)23-3/h4-10H,1-3H3/b14-8+. The number of nitriles is 1. The second-order valence-electron chi connectivity index (χ2n) is 4.63. The molecular formula is C18H16ClNO3. The van der Waals surface area contributed by atoms with Gasteiger partial charge in [0.25, 0.3) is 0 Å². The molecule has 4 nitrogen and oxygen atoms in total. The summed E-state index contributed by atoms with van der Waals surface area (Å²) in [5.74, 6) is 1.77. The maximum Gasteiger partial charge on any atom is 0.161 e. The van der Waals surface area contributed by atoms with Gasteiger partial charge in [-0.1, -0.05) is 17.7 Å². The average Bonchev–Trinajstić information content (AvgIpc) is 2.59. The van der Waals surface area contributed by atoms with Crippen LogP contribution in [-0.4, -0.2) is 21.3 Å². The fourth-order valence-electron chi connectivity index (χ4n) is 2.12. The lowest BCUT2D eigenvalue weighted by molar-refractivity contribution is 0.355. The Kier molecular flexibility index (Phi) is 5.51. The lowest BCUT2D eigenvalue weighted by Gasteiger charge is -2.09. The molecule has 0 aromatic heterocycles. The molecule has 0 fully saturated rings. The molecule has 0 N–H and O–H groups in total. The van der Waals surface area contributed by atoms with Crippen molar-refractivity contribution in [3.8, 4) is 23.3 Å². The van der Waals surface area contributed by atoms with Crippen LogP contribution in [-0.2, 0) is 0 Å². The van der Waals surface area contributed by atoms with E-state index in [1.807, 2.05) is 12.1 Å². The highest BCUT2D eigenvalue weighted by Gasteiger charge is 2.09. The second kappa shape index (κ2) is 7.57. The van der Waals surface area contributed by atoms with Crippen molar-refractivity contribution in [2.24, 2.45) is 0 Å². The van der Waals surface area contributed by atoms with Crippen LogP contribution in [0.25, 0.3) is 11.6 Å². The Bertz CT molecular complexity index is 778. The Hall–Kier alpha value is -2.64. The maximum atomic E-state index is 9.45. The molecule has 2 aromatic carbocycles. The maximum absolute atomic E-state index is 9.45. The zero-order valence-corrected chi connectivity index (χ0v) is 13.8. The molecule has 0 saturated heterocycles. The molecule has 0 heterocycles. The Balaban J connectivity index is 2.43. The zero-order chi connectivity index (χ0) is 16.8. The number of nitrogens with zero attached hydrogens (tertiary/aromatic N) is 1. The fraction of sp³-hybridized carbons (Fsp3) is 0.167. The molecule has 0 amide bonds. The number of hydrogen-bond donors (Lipinski definition) is 0. The molecular weight excluding hydrogens is 314 g/mol. The monoisotopic (exact) mass is 329 g/mol. The Morgan fingerprint density at radius 1 is 0.957 bits per heavy atom. The first-order chi connectivity index (χ1) is 11.1. The van der Waals surface area contributed by atoms with Crippen LogP contribution < -0.4 is 14.2 Å². The molecule has 0 unspecified atom stereocenters. The molecule has 5 heteroatoms. The molecule has 118 valence electrons. The van der Waals surface area contributed by atoms with Gasteiger partial charge in [0.1, 0.15) is 5.75 Å². The fourth-order valence-corrected chi connectivity index (χ4v) is 2.39. The predicted octanol–water partition coefficient (Wildman–Crippen LogP) is 4.43. The molecule has 0 bridgehead atoms. The van der Waals surface area contributed by atoms with Crippen molar-refractivity contribution in [1.29, 1.82) is 5.26 Å². The van der Waals surface area contributed by atoms with Gasteiger partial charge in [-0.05, 0) is 47.5 Å². The second-order valence-corrected chi connectivity index (χ2v) is 5.04. The molecule has 0 spiro atoms. The molecule has 0 radical (unpaired) electrons. The number of benzene rings is 2. The van der Waals surface area contributed by atoms with E-state index in [1.54, 1.807) is 51.7 Å². The van der Waals surface area contributed by atoms with Gasteiger partial charge in [-0.15, -0.1) is 0 Å². The van der Waals surface area contributed by atoms with Crippen molar-refractivity contribution in [2.45, 2.75) is 0 Å². The summed E-state index contributed by atoms with van der Waals surface area (Å²) in [5, 5.41) is 9.94. The predicted molar refractivity (Wildman–Crippen MR) is 91.0 cm³/mol. The number of methoxy groups -OCH3 is 3. The van der Waals surface area contributed by atoms with Crippen molar-refractivity contribution in [3.63, 3.8) is 0 Å². The number of halogens is 1. The summed E-state index contributed by atoms with van der Waals surface area (Å²) >= 11 is 6.12. The third-order valence-corrected chi connectivity index (χ3v) is 3.60. The molecule has 0 aliphatic carbocycles. The molecule has 2 rings (SSSR count). The van der Waals surface area contributed by atoms with E-state index in [0.717, 1.165) is 11.1 Å². The van der Waals surface area contributed by atoms with E-state index < -0.39 is 0 Å². The van der Waals surface area contributed by atoms with Crippen LogP contribution in [0.2, 0.25) is 5.02 Å². The van der Waals surface area contributed by atoms with Gasteiger partial charge in [-0.3, -0.25) is 0 Å². The van der Waals surface area contributed by atoms with E-state index in [1.165, 1.54) is 0 Å². The minimum Gasteiger partial charge on any atom is -0.495 e. The van der Waals surface area contributed by atoms with E-state index >= 15 is 0 Å². The van der Waals surface area contributed by atoms with Gasteiger partial charge in [-0.25, -0.2) is 0 Å². The van der Waals surface area contributed by atoms with Crippen LogP contribution in [0.3, 0.4) is 0 Å². The van der Waals surface area contributed by atoms with E-state index in [9.17, 15) is 5.26 Å². The van der Waals surface area contributed by atoms with Crippen LogP contribution in [0.1, 0.15) is 11.1 Å². The average molecular weight is 330 g/mol. The number of rotatable bonds is 5. The van der Waals surface area contributed by atoms with Crippen molar-refractivity contribution < 1.29 is 14.2 Å². The van der Waals surface area contributed by atoms with Crippen LogP contribution in [0.5, 0.6) is 17.2 Å². The van der Waals surface area contributed by atoms with Gasteiger partial charge in [0.2, 0.25) is 0 Å². The molecule has 0 aliphatic rings. The first kappa shape index (κ1) is 16.7. The third-order valence-electron chi connectivity index (χ3n) is 3.30. The normalized spacial score (nSPS) is 10.8. The van der Waals surface area contributed by atoms with Gasteiger partial charge in [0.15, 0.2) is 11.5 Å². The van der Waals surface area contributed by atoms with E-state index in [2.05, 4.69) is 6.07 Å². The zero-order valence-electron chi connectivity index (χ0n) is 13.1. The molecule has 0 saturated carbocycles. The van der Waals surface area contributed by atoms with Gasteiger partial charge in [0, 0.05) is 0 Å². The third kappa shape index (κ3) is 3.77. The molecule has 0 aliphatic heterocycles. The Morgan fingerprint density at radius 2 is 1.61 bits per heavy atom. The summed E-state index contributed by atoms with van der Waals surface area (Å²) in [5.41, 5.74) is 2.03. The molecule has 0 atom stereocenters. The first-order valence-electron chi connectivity index (χ1n) is 6.80. The van der Waals surface area contributed by atoms with Crippen molar-refractivity contribution >= 4 is 23.3 Å². The summed E-state index contributed by atoms with van der Waals surface area (Å²) in [6.07, 6.45) is 1.76. The van der Waals surface area contributed by atoms with Crippen LogP contribution in [0.15, 0.2) is 36.4 Å². The van der Waals surface area contributed by atoms with E-state index in [-0.39, 0.29) is 0 Å². The first-order valence-corrected chi connectivity index (χ1v) is 7.18. The van der Waals surface area contributed by atoms with Gasteiger partial charge >= 0.3 is 0 Å². The smallest absolute Gasteiger partial charge is 0.161 e. The summed E-state index contributed by atoms with van der Waals surface area (Å²) in [7, 11) is 4.68. The molecule has 23 heavy (non-hydrogen) atoms. The number of ether oxygens (including phenoxy) is 3. The van der Waals surface area contributed by atoms with Crippen LogP contribution in [0, 0.1) is 11.3 Å². The van der Waals surface area contributed by atoms with Crippen molar-refractivity contribution in [1.82, 2.24) is 0 Å². The SMILES string of the molecule is COc1ccc(/C=C(\C#N)c2ccc(OC)c(OC)c2)cc1Cl. The summed E-state index contributed by atoms with van der Waals surface area (Å²) < 4.78 is 15.6. The summed E-state index contributed by atoms with van der Waals surface area (Å²) in [6, 6.07) is 12.9. The van der Waals surface area contributed by atoms with Crippen molar-refractivity contribution in [2.75, 3.05) is 21.3 Å². The minimum absolute atomic E-state index is 0.492. The highest BCUT2D eigenvalue weighted by Crippen LogP contribution is 2.32. The van der Waals surface area contributed by atoms with E-state index in [4.69, 9.17) is 25.8 Å². The van der Waals surface area contributed by atoms with E-state index in [0.29, 0.717) is 27.8 Å². The number of hydrogen-bond acceptors (Lipinski definition) is 4. The van der Waals surface area contributed by atoms with Crippen LogP contribution >= 0.6 is 11.6 Å². The largest absolute Gasteiger partial charge is 0.495 e. The lowest BCUT2D eigenvalue weighted by Crippen LogP contribution is -1.92. The van der Waals surface area contributed by atoms with Gasteiger partial charge < -0.3 is 14.2 Å². The van der Waals surface area contributed by atoms with Gasteiger partial charge in [-0.2, -0.15) is 5.26 Å².